The quantitative estimate of drug-likeness (QED) is 0.412. The summed E-state index contributed by atoms with van der Waals surface area (Å²) in [6, 6.07) is 0. The highest BCUT2D eigenvalue weighted by Crippen LogP contribution is 1.90. The van der Waals surface area contributed by atoms with Gasteiger partial charge in [0.25, 0.3) is 0 Å². The number of hydrogen-bond acceptors (Lipinski definition) is 4. The van der Waals surface area contributed by atoms with Crippen LogP contribution in [-0.2, 0) is 19.0 Å². The molecular formula is C11H21O4. The van der Waals surface area contributed by atoms with Crippen molar-refractivity contribution in [3.05, 3.63) is 6.92 Å². The van der Waals surface area contributed by atoms with Crippen molar-refractivity contribution < 1.29 is 19.0 Å². The van der Waals surface area contributed by atoms with E-state index in [-0.39, 0.29) is 5.97 Å². The fourth-order valence-electron chi connectivity index (χ4n) is 0.946. The van der Waals surface area contributed by atoms with Gasteiger partial charge < -0.3 is 14.2 Å². The molecule has 4 nitrogen and oxygen atoms in total. The third-order valence-electron chi connectivity index (χ3n) is 1.60. The Kier molecular flexibility index (Phi) is 11.0. The molecule has 0 unspecified atom stereocenters. The van der Waals surface area contributed by atoms with Crippen LogP contribution in [0.3, 0.4) is 0 Å². The first kappa shape index (κ1) is 14.4. The van der Waals surface area contributed by atoms with Gasteiger partial charge in [0.1, 0.15) is 0 Å². The highest BCUT2D eigenvalue weighted by atomic mass is 16.5. The molecular weight excluding hydrogens is 196 g/mol. The van der Waals surface area contributed by atoms with E-state index in [1.165, 1.54) is 6.92 Å². The topological polar surface area (TPSA) is 44.8 Å². The molecule has 0 atom stereocenters. The summed E-state index contributed by atoms with van der Waals surface area (Å²) in [5.74, 6) is -0.239. The van der Waals surface area contributed by atoms with Crippen LogP contribution in [-0.4, -0.2) is 39.0 Å². The molecule has 0 spiro atoms. The molecule has 0 saturated heterocycles. The van der Waals surface area contributed by atoms with Crippen LogP contribution in [0.4, 0.5) is 0 Å². The smallest absolute Gasteiger partial charge is 0.302 e. The minimum Gasteiger partial charge on any atom is -0.466 e. The van der Waals surface area contributed by atoms with Crippen molar-refractivity contribution in [3.63, 3.8) is 0 Å². The van der Waals surface area contributed by atoms with Crippen molar-refractivity contribution in [2.75, 3.05) is 33.0 Å². The lowest BCUT2D eigenvalue weighted by atomic mass is 10.4. The summed E-state index contributed by atoms with van der Waals surface area (Å²) >= 11 is 0. The van der Waals surface area contributed by atoms with Crippen LogP contribution in [0.25, 0.3) is 0 Å². The SMILES string of the molecule is [CH2]CCOCCCOCCCOC(C)=O. The first-order valence-corrected chi connectivity index (χ1v) is 5.35. The maximum atomic E-state index is 10.4. The zero-order chi connectivity index (χ0) is 11.4. The molecule has 0 fully saturated rings. The summed E-state index contributed by atoms with van der Waals surface area (Å²) < 4.78 is 15.3. The first-order chi connectivity index (χ1) is 7.27. The molecule has 4 heteroatoms. The number of rotatable bonds is 10. The lowest BCUT2D eigenvalue weighted by Gasteiger charge is -2.05. The van der Waals surface area contributed by atoms with Crippen molar-refractivity contribution in [1.29, 1.82) is 0 Å². The van der Waals surface area contributed by atoms with Gasteiger partial charge in [0, 0.05) is 39.8 Å². The molecule has 0 heterocycles. The van der Waals surface area contributed by atoms with Crippen molar-refractivity contribution in [3.8, 4) is 0 Å². The molecule has 0 aliphatic heterocycles. The summed E-state index contributed by atoms with van der Waals surface area (Å²) in [7, 11) is 0. The van der Waals surface area contributed by atoms with Gasteiger partial charge >= 0.3 is 5.97 Å². The molecule has 0 aromatic carbocycles. The van der Waals surface area contributed by atoms with E-state index in [4.69, 9.17) is 14.2 Å². The van der Waals surface area contributed by atoms with Crippen molar-refractivity contribution in [2.45, 2.75) is 26.2 Å². The highest BCUT2D eigenvalue weighted by molar-refractivity contribution is 5.65. The molecule has 0 bridgehead atoms. The van der Waals surface area contributed by atoms with Crippen molar-refractivity contribution in [2.24, 2.45) is 0 Å². The maximum absolute atomic E-state index is 10.4. The minimum absolute atomic E-state index is 0.239. The van der Waals surface area contributed by atoms with E-state index in [1.54, 1.807) is 0 Å². The van der Waals surface area contributed by atoms with E-state index in [2.05, 4.69) is 6.92 Å². The van der Waals surface area contributed by atoms with E-state index in [9.17, 15) is 4.79 Å². The van der Waals surface area contributed by atoms with Crippen LogP contribution in [0.5, 0.6) is 0 Å². The Labute approximate surface area is 91.9 Å². The average Bonchev–Trinajstić information content (AvgIpc) is 2.20. The maximum Gasteiger partial charge on any atom is 0.302 e. The summed E-state index contributed by atoms with van der Waals surface area (Å²) in [4.78, 5) is 10.4. The van der Waals surface area contributed by atoms with Gasteiger partial charge in [0.05, 0.1) is 6.61 Å². The number of carbonyl (C=O) groups is 1. The summed E-state index contributed by atoms with van der Waals surface area (Å²) in [6.07, 6.45) is 2.45. The Morgan fingerprint density at radius 2 is 1.53 bits per heavy atom. The second kappa shape index (κ2) is 11.5. The number of carbonyl (C=O) groups excluding carboxylic acids is 1. The standard InChI is InChI=1S/C11H21O4/c1-3-6-13-7-4-8-14-9-5-10-15-11(2)12/h1,3-10H2,2H3. The molecule has 0 amide bonds. The third kappa shape index (κ3) is 13.4. The highest BCUT2D eigenvalue weighted by Gasteiger charge is 1.93. The second-order valence-electron chi connectivity index (χ2n) is 3.13. The molecule has 0 saturated carbocycles. The molecule has 0 aliphatic rings. The zero-order valence-electron chi connectivity index (χ0n) is 9.50. The summed E-state index contributed by atoms with van der Waals surface area (Å²) in [5.41, 5.74) is 0. The average molecular weight is 217 g/mol. The van der Waals surface area contributed by atoms with E-state index in [1.807, 2.05) is 0 Å². The monoisotopic (exact) mass is 217 g/mol. The second-order valence-corrected chi connectivity index (χ2v) is 3.13. The van der Waals surface area contributed by atoms with Gasteiger partial charge in [-0.1, -0.05) is 6.92 Å². The lowest BCUT2D eigenvalue weighted by molar-refractivity contribution is -0.141. The van der Waals surface area contributed by atoms with E-state index >= 15 is 0 Å². The van der Waals surface area contributed by atoms with Gasteiger partial charge in [-0.2, -0.15) is 0 Å². The van der Waals surface area contributed by atoms with Crippen molar-refractivity contribution in [1.82, 2.24) is 0 Å². The fraction of sp³-hybridized carbons (Fsp3) is 0.818. The molecule has 89 valence electrons. The van der Waals surface area contributed by atoms with E-state index in [0.29, 0.717) is 26.4 Å². The van der Waals surface area contributed by atoms with Crippen LogP contribution in [0.2, 0.25) is 0 Å². The largest absolute Gasteiger partial charge is 0.466 e. The molecule has 0 N–H and O–H groups in total. The van der Waals surface area contributed by atoms with E-state index < -0.39 is 0 Å². The van der Waals surface area contributed by atoms with Gasteiger partial charge in [0.2, 0.25) is 0 Å². The van der Waals surface area contributed by atoms with Crippen LogP contribution in [0, 0.1) is 6.92 Å². The van der Waals surface area contributed by atoms with Crippen LogP contribution in [0.1, 0.15) is 26.2 Å². The van der Waals surface area contributed by atoms with Crippen LogP contribution in [0.15, 0.2) is 0 Å². The Hall–Kier alpha value is -0.610. The van der Waals surface area contributed by atoms with E-state index in [0.717, 1.165) is 25.9 Å². The Morgan fingerprint density at radius 1 is 1.00 bits per heavy atom. The molecule has 0 rings (SSSR count). The van der Waals surface area contributed by atoms with Gasteiger partial charge in [-0.3, -0.25) is 4.79 Å². The predicted molar refractivity (Wildman–Crippen MR) is 57.5 cm³/mol. The molecule has 0 aliphatic carbocycles. The number of ether oxygens (including phenoxy) is 3. The molecule has 0 aromatic rings. The number of hydrogen-bond donors (Lipinski definition) is 0. The van der Waals surface area contributed by atoms with Crippen LogP contribution < -0.4 is 0 Å². The molecule has 15 heavy (non-hydrogen) atoms. The Morgan fingerprint density at radius 3 is 2.07 bits per heavy atom. The minimum atomic E-state index is -0.239. The van der Waals surface area contributed by atoms with Gasteiger partial charge in [-0.05, 0) is 12.8 Å². The summed E-state index contributed by atoms with van der Waals surface area (Å²) in [5, 5.41) is 0. The van der Waals surface area contributed by atoms with Crippen molar-refractivity contribution >= 4 is 5.97 Å². The van der Waals surface area contributed by atoms with Crippen LogP contribution >= 0.6 is 0 Å². The first-order valence-electron chi connectivity index (χ1n) is 5.35. The lowest BCUT2D eigenvalue weighted by Crippen LogP contribution is -2.06. The van der Waals surface area contributed by atoms with Gasteiger partial charge in [-0.15, -0.1) is 0 Å². The number of esters is 1. The predicted octanol–water partition coefficient (Wildman–Crippen LogP) is 1.59. The van der Waals surface area contributed by atoms with Gasteiger partial charge in [0.15, 0.2) is 0 Å². The Balaban J connectivity index is 2.89. The molecule has 0 aromatic heterocycles. The normalized spacial score (nSPS) is 10.3. The molecule has 1 radical (unpaired) electrons. The zero-order valence-corrected chi connectivity index (χ0v) is 9.50. The summed E-state index contributed by atoms with van der Waals surface area (Å²) in [6.45, 7) is 8.27. The Bertz CT molecular complexity index is 148. The fourth-order valence-corrected chi connectivity index (χ4v) is 0.946. The third-order valence-corrected chi connectivity index (χ3v) is 1.60. The van der Waals surface area contributed by atoms with Gasteiger partial charge in [-0.25, -0.2) is 0 Å².